The summed E-state index contributed by atoms with van der Waals surface area (Å²) in [5.74, 6) is 1.02. The number of rotatable bonds is 8. The summed E-state index contributed by atoms with van der Waals surface area (Å²) >= 11 is 1.63. The maximum absolute atomic E-state index is 11.9. The average Bonchev–Trinajstić information content (AvgIpc) is 3.19. The SMILES string of the molecule is COc1ccc(N2CCN(CCCNC(=O)Cc3cccs3)CC2)cc1. The van der Waals surface area contributed by atoms with Crippen LogP contribution in [0.25, 0.3) is 0 Å². The van der Waals surface area contributed by atoms with E-state index in [1.165, 1.54) is 5.69 Å². The highest BCUT2D eigenvalue weighted by Crippen LogP contribution is 2.20. The lowest BCUT2D eigenvalue weighted by molar-refractivity contribution is -0.120. The van der Waals surface area contributed by atoms with Crippen LogP contribution in [-0.4, -0.2) is 57.2 Å². The Morgan fingerprint density at radius 1 is 1.15 bits per heavy atom. The Morgan fingerprint density at radius 2 is 1.92 bits per heavy atom. The van der Waals surface area contributed by atoms with Crippen molar-refractivity contribution in [2.75, 3.05) is 51.3 Å². The molecular weight excluding hydrogens is 346 g/mol. The fourth-order valence-electron chi connectivity index (χ4n) is 3.19. The number of ether oxygens (including phenoxy) is 1. The van der Waals surface area contributed by atoms with E-state index in [1.807, 2.05) is 29.6 Å². The molecule has 6 heteroatoms. The van der Waals surface area contributed by atoms with Gasteiger partial charge in [-0.2, -0.15) is 0 Å². The summed E-state index contributed by atoms with van der Waals surface area (Å²) < 4.78 is 5.22. The standard InChI is InChI=1S/C20H27N3O2S/c1-25-18-7-5-17(6-8-18)23-13-11-22(12-14-23)10-3-9-21-20(24)16-19-4-2-15-26-19/h2,4-8,15H,3,9-14,16H2,1H3,(H,21,24). The van der Waals surface area contributed by atoms with Crippen LogP contribution >= 0.6 is 11.3 Å². The summed E-state index contributed by atoms with van der Waals surface area (Å²) in [5.41, 5.74) is 1.26. The van der Waals surface area contributed by atoms with E-state index in [-0.39, 0.29) is 5.91 Å². The Balaban J connectivity index is 1.30. The molecule has 1 amide bonds. The van der Waals surface area contributed by atoms with Gasteiger partial charge in [-0.3, -0.25) is 9.69 Å². The van der Waals surface area contributed by atoms with Gasteiger partial charge in [0, 0.05) is 43.3 Å². The number of amides is 1. The summed E-state index contributed by atoms with van der Waals surface area (Å²) in [6, 6.07) is 12.3. The number of carbonyl (C=O) groups excluding carboxylic acids is 1. The summed E-state index contributed by atoms with van der Waals surface area (Å²) in [5, 5.41) is 5.03. The molecule has 1 aliphatic rings. The van der Waals surface area contributed by atoms with Crippen LogP contribution in [0, 0.1) is 0 Å². The number of hydrogen-bond donors (Lipinski definition) is 1. The zero-order valence-electron chi connectivity index (χ0n) is 15.3. The minimum atomic E-state index is 0.122. The number of carbonyl (C=O) groups is 1. The van der Waals surface area contributed by atoms with Crippen LogP contribution in [-0.2, 0) is 11.2 Å². The molecule has 0 atom stereocenters. The van der Waals surface area contributed by atoms with Gasteiger partial charge in [-0.1, -0.05) is 6.07 Å². The first-order valence-electron chi connectivity index (χ1n) is 9.15. The second-order valence-electron chi connectivity index (χ2n) is 6.49. The third-order valence-corrected chi connectivity index (χ3v) is 5.57. The third kappa shape index (κ3) is 5.47. The second kappa shape index (κ2) is 9.59. The van der Waals surface area contributed by atoms with Gasteiger partial charge in [0.2, 0.25) is 5.91 Å². The molecule has 1 N–H and O–H groups in total. The predicted molar refractivity (Wildman–Crippen MR) is 107 cm³/mol. The topological polar surface area (TPSA) is 44.8 Å². The maximum Gasteiger partial charge on any atom is 0.225 e. The molecule has 1 aliphatic heterocycles. The second-order valence-corrected chi connectivity index (χ2v) is 7.52. The molecule has 5 nitrogen and oxygen atoms in total. The molecule has 0 spiro atoms. The Hall–Kier alpha value is -2.05. The minimum absolute atomic E-state index is 0.122. The van der Waals surface area contributed by atoms with E-state index in [2.05, 4.69) is 27.2 Å². The highest BCUT2D eigenvalue weighted by molar-refractivity contribution is 7.10. The Morgan fingerprint density at radius 3 is 2.58 bits per heavy atom. The molecule has 2 aromatic rings. The van der Waals surface area contributed by atoms with Crippen molar-refractivity contribution >= 4 is 22.9 Å². The van der Waals surface area contributed by atoms with Crippen molar-refractivity contribution in [2.24, 2.45) is 0 Å². The fraction of sp³-hybridized carbons (Fsp3) is 0.450. The van der Waals surface area contributed by atoms with Crippen molar-refractivity contribution in [3.05, 3.63) is 46.7 Å². The highest BCUT2D eigenvalue weighted by atomic mass is 32.1. The van der Waals surface area contributed by atoms with Crippen molar-refractivity contribution < 1.29 is 9.53 Å². The monoisotopic (exact) mass is 373 g/mol. The summed E-state index contributed by atoms with van der Waals surface area (Å²) in [6.45, 7) is 6.00. The number of hydrogen-bond acceptors (Lipinski definition) is 5. The zero-order valence-corrected chi connectivity index (χ0v) is 16.1. The summed E-state index contributed by atoms with van der Waals surface area (Å²) in [6.07, 6.45) is 1.50. The molecule has 1 saturated heterocycles. The molecule has 1 aromatic carbocycles. The smallest absolute Gasteiger partial charge is 0.225 e. The molecule has 0 bridgehead atoms. The number of nitrogens with one attached hydrogen (secondary N) is 1. The van der Waals surface area contributed by atoms with Gasteiger partial charge >= 0.3 is 0 Å². The van der Waals surface area contributed by atoms with Gasteiger partial charge in [0.05, 0.1) is 13.5 Å². The number of piperazine rings is 1. The molecule has 0 saturated carbocycles. The number of thiophene rings is 1. The van der Waals surface area contributed by atoms with Crippen LogP contribution in [0.3, 0.4) is 0 Å². The van der Waals surface area contributed by atoms with E-state index < -0.39 is 0 Å². The van der Waals surface area contributed by atoms with Crippen molar-refractivity contribution in [3.63, 3.8) is 0 Å². The van der Waals surface area contributed by atoms with E-state index in [0.717, 1.165) is 56.3 Å². The molecule has 1 aromatic heterocycles. The molecule has 0 unspecified atom stereocenters. The van der Waals surface area contributed by atoms with Crippen LogP contribution in [0.1, 0.15) is 11.3 Å². The normalized spacial score (nSPS) is 15.0. The lowest BCUT2D eigenvalue weighted by Crippen LogP contribution is -2.47. The van der Waals surface area contributed by atoms with Gasteiger partial charge < -0.3 is 15.0 Å². The van der Waals surface area contributed by atoms with Crippen LogP contribution in [0.2, 0.25) is 0 Å². The minimum Gasteiger partial charge on any atom is -0.497 e. The van der Waals surface area contributed by atoms with E-state index in [1.54, 1.807) is 18.4 Å². The first kappa shape index (κ1) is 18.7. The number of anilines is 1. The molecule has 0 aliphatic carbocycles. The van der Waals surface area contributed by atoms with Crippen LogP contribution in [0.5, 0.6) is 5.75 Å². The first-order valence-corrected chi connectivity index (χ1v) is 10.0. The lowest BCUT2D eigenvalue weighted by atomic mass is 10.2. The van der Waals surface area contributed by atoms with Crippen molar-refractivity contribution in [1.29, 1.82) is 0 Å². The molecular formula is C20H27N3O2S. The Bertz CT molecular complexity index is 665. The largest absolute Gasteiger partial charge is 0.497 e. The molecule has 26 heavy (non-hydrogen) atoms. The Kier molecular flexibility index (Phi) is 6.91. The zero-order chi connectivity index (χ0) is 18.2. The van der Waals surface area contributed by atoms with Crippen molar-refractivity contribution in [3.8, 4) is 5.75 Å². The fourth-order valence-corrected chi connectivity index (χ4v) is 3.89. The number of methoxy groups -OCH3 is 1. The maximum atomic E-state index is 11.9. The van der Waals surface area contributed by atoms with E-state index >= 15 is 0 Å². The van der Waals surface area contributed by atoms with E-state index in [0.29, 0.717) is 6.42 Å². The van der Waals surface area contributed by atoms with Gasteiger partial charge in [-0.25, -0.2) is 0 Å². The van der Waals surface area contributed by atoms with Gasteiger partial charge in [0.15, 0.2) is 0 Å². The van der Waals surface area contributed by atoms with Crippen LogP contribution < -0.4 is 15.0 Å². The Labute approximate surface area is 159 Å². The first-order chi connectivity index (χ1) is 12.7. The molecule has 1 fully saturated rings. The summed E-state index contributed by atoms with van der Waals surface area (Å²) in [4.78, 5) is 17.9. The van der Waals surface area contributed by atoms with Gasteiger partial charge in [0.1, 0.15) is 5.75 Å². The predicted octanol–water partition coefficient (Wildman–Crippen LogP) is 2.63. The third-order valence-electron chi connectivity index (χ3n) is 4.70. The average molecular weight is 374 g/mol. The lowest BCUT2D eigenvalue weighted by Gasteiger charge is -2.36. The van der Waals surface area contributed by atoms with Gasteiger partial charge in [-0.05, 0) is 48.7 Å². The highest BCUT2D eigenvalue weighted by Gasteiger charge is 2.16. The van der Waals surface area contributed by atoms with E-state index in [9.17, 15) is 4.79 Å². The van der Waals surface area contributed by atoms with Gasteiger partial charge in [0.25, 0.3) is 0 Å². The number of benzene rings is 1. The molecule has 0 radical (unpaired) electrons. The summed E-state index contributed by atoms with van der Waals surface area (Å²) in [7, 11) is 1.69. The number of nitrogens with zero attached hydrogens (tertiary/aromatic N) is 2. The van der Waals surface area contributed by atoms with E-state index in [4.69, 9.17) is 4.74 Å². The van der Waals surface area contributed by atoms with Crippen LogP contribution in [0.15, 0.2) is 41.8 Å². The molecule has 140 valence electrons. The quantitative estimate of drug-likeness (QED) is 0.723. The van der Waals surface area contributed by atoms with Crippen molar-refractivity contribution in [2.45, 2.75) is 12.8 Å². The van der Waals surface area contributed by atoms with Crippen molar-refractivity contribution in [1.82, 2.24) is 10.2 Å². The van der Waals surface area contributed by atoms with Gasteiger partial charge in [-0.15, -0.1) is 11.3 Å². The van der Waals surface area contributed by atoms with Crippen LogP contribution in [0.4, 0.5) is 5.69 Å². The molecule has 2 heterocycles. The molecule has 3 rings (SSSR count).